The van der Waals surface area contributed by atoms with E-state index >= 15 is 0 Å². The van der Waals surface area contributed by atoms with Gasteiger partial charge in [0, 0.05) is 0 Å². The normalized spacial score (nSPS) is 17.8. The summed E-state index contributed by atoms with van der Waals surface area (Å²) in [6, 6.07) is 0. The Bertz CT molecular complexity index is 142. The summed E-state index contributed by atoms with van der Waals surface area (Å²) in [6.45, 7) is 3.20. The van der Waals surface area contributed by atoms with E-state index in [0.717, 1.165) is 25.4 Å². The summed E-state index contributed by atoms with van der Waals surface area (Å²) in [6.07, 6.45) is 14.1. The van der Waals surface area contributed by atoms with Gasteiger partial charge in [0.2, 0.25) is 0 Å². The van der Waals surface area contributed by atoms with Crippen molar-refractivity contribution in [3.63, 3.8) is 0 Å². The fourth-order valence-electron chi connectivity index (χ4n) is 2.68. The molecule has 0 aromatic heterocycles. The van der Waals surface area contributed by atoms with Crippen LogP contribution in [0.25, 0.3) is 0 Å². The van der Waals surface area contributed by atoms with Gasteiger partial charge in [0.05, 0.1) is 0 Å². The standard InChI is InChI=1S/C14H30N2/c15-11-5-7-13-16-12-6-4-10-14-8-2-1-3-9-14/h14,16H,1-13,15H2. The van der Waals surface area contributed by atoms with Crippen LogP contribution in [-0.2, 0) is 0 Å². The smallest absolute Gasteiger partial charge is 0.00484 e. The molecule has 1 aliphatic carbocycles. The van der Waals surface area contributed by atoms with E-state index in [9.17, 15) is 0 Å². The Morgan fingerprint density at radius 3 is 2.25 bits per heavy atom. The zero-order valence-corrected chi connectivity index (χ0v) is 10.8. The number of rotatable bonds is 9. The second-order valence-electron chi connectivity index (χ2n) is 5.25. The minimum absolute atomic E-state index is 0.837. The average Bonchev–Trinajstić information content (AvgIpc) is 2.34. The first-order chi connectivity index (χ1) is 7.93. The molecule has 0 aromatic rings. The lowest BCUT2D eigenvalue weighted by molar-refractivity contribution is 0.329. The molecule has 1 fully saturated rings. The first-order valence-corrected chi connectivity index (χ1v) is 7.34. The van der Waals surface area contributed by atoms with Crippen molar-refractivity contribution in [2.24, 2.45) is 11.7 Å². The summed E-state index contributed by atoms with van der Waals surface area (Å²) in [5.41, 5.74) is 5.45. The molecule has 0 heterocycles. The first kappa shape index (κ1) is 14.0. The van der Waals surface area contributed by atoms with Crippen molar-refractivity contribution in [3.8, 4) is 0 Å². The van der Waals surface area contributed by atoms with Gasteiger partial charge in [0.1, 0.15) is 0 Å². The van der Waals surface area contributed by atoms with Crippen molar-refractivity contribution < 1.29 is 0 Å². The molecule has 0 spiro atoms. The van der Waals surface area contributed by atoms with E-state index in [-0.39, 0.29) is 0 Å². The lowest BCUT2D eigenvalue weighted by Gasteiger charge is -2.21. The third kappa shape index (κ3) is 7.24. The topological polar surface area (TPSA) is 38.0 Å². The molecular formula is C14H30N2. The van der Waals surface area contributed by atoms with Crippen LogP contribution < -0.4 is 11.1 Å². The van der Waals surface area contributed by atoms with Crippen LogP contribution in [0.15, 0.2) is 0 Å². The van der Waals surface area contributed by atoms with Crippen LogP contribution in [-0.4, -0.2) is 19.6 Å². The van der Waals surface area contributed by atoms with Gasteiger partial charge in [-0.25, -0.2) is 0 Å². The van der Waals surface area contributed by atoms with E-state index in [1.807, 2.05) is 0 Å². The zero-order chi connectivity index (χ0) is 11.5. The summed E-state index contributed by atoms with van der Waals surface area (Å²) in [7, 11) is 0. The highest BCUT2D eigenvalue weighted by Crippen LogP contribution is 2.27. The van der Waals surface area contributed by atoms with Crippen molar-refractivity contribution in [2.45, 2.75) is 64.2 Å². The van der Waals surface area contributed by atoms with Gasteiger partial charge in [-0.1, -0.05) is 44.9 Å². The largest absolute Gasteiger partial charge is 0.330 e. The Hall–Kier alpha value is -0.0800. The third-order valence-corrected chi connectivity index (χ3v) is 3.75. The monoisotopic (exact) mass is 226 g/mol. The molecule has 1 aliphatic rings. The lowest BCUT2D eigenvalue weighted by atomic mass is 9.86. The lowest BCUT2D eigenvalue weighted by Crippen LogP contribution is -2.18. The molecule has 16 heavy (non-hydrogen) atoms. The maximum Gasteiger partial charge on any atom is -0.00484 e. The van der Waals surface area contributed by atoms with Gasteiger partial charge in [0.15, 0.2) is 0 Å². The van der Waals surface area contributed by atoms with E-state index in [0.29, 0.717) is 0 Å². The van der Waals surface area contributed by atoms with Gasteiger partial charge < -0.3 is 11.1 Å². The number of unbranched alkanes of at least 4 members (excludes halogenated alkanes) is 2. The van der Waals surface area contributed by atoms with Crippen LogP contribution in [0.5, 0.6) is 0 Å². The highest BCUT2D eigenvalue weighted by Gasteiger charge is 2.12. The summed E-state index contributed by atoms with van der Waals surface area (Å²) in [5.74, 6) is 1.06. The molecule has 2 heteroatoms. The molecule has 0 radical (unpaired) electrons. The fourth-order valence-corrected chi connectivity index (χ4v) is 2.68. The highest BCUT2D eigenvalue weighted by atomic mass is 14.8. The number of hydrogen-bond acceptors (Lipinski definition) is 2. The van der Waals surface area contributed by atoms with E-state index in [1.54, 1.807) is 0 Å². The van der Waals surface area contributed by atoms with Crippen LogP contribution in [0.1, 0.15) is 64.2 Å². The van der Waals surface area contributed by atoms with Crippen molar-refractivity contribution in [3.05, 3.63) is 0 Å². The first-order valence-electron chi connectivity index (χ1n) is 7.34. The molecule has 0 saturated heterocycles. The maximum absolute atomic E-state index is 5.45. The van der Waals surface area contributed by atoms with Crippen molar-refractivity contribution >= 4 is 0 Å². The molecule has 0 atom stereocenters. The SMILES string of the molecule is NCCCCNCCCCC1CCCCC1. The van der Waals surface area contributed by atoms with Crippen molar-refractivity contribution in [1.29, 1.82) is 0 Å². The predicted octanol–water partition coefficient (Wildman–Crippen LogP) is 3.07. The summed E-state index contributed by atoms with van der Waals surface area (Å²) in [5, 5.41) is 3.50. The van der Waals surface area contributed by atoms with Crippen LogP contribution in [0.3, 0.4) is 0 Å². The van der Waals surface area contributed by atoms with E-state index in [2.05, 4.69) is 5.32 Å². The predicted molar refractivity (Wildman–Crippen MR) is 71.6 cm³/mol. The molecule has 0 aliphatic heterocycles. The maximum atomic E-state index is 5.45. The van der Waals surface area contributed by atoms with Crippen LogP contribution >= 0.6 is 0 Å². The van der Waals surface area contributed by atoms with Gasteiger partial charge in [-0.2, -0.15) is 0 Å². The van der Waals surface area contributed by atoms with Gasteiger partial charge in [-0.3, -0.25) is 0 Å². The molecule has 1 rings (SSSR count). The fraction of sp³-hybridized carbons (Fsp3) is 1.00. The molecule has 0 amide bonds. The Morgan fingerprint density at radius 1 is 0.875 bits per heavy atom. The quantitative estimate of drug-likeness (QED) is 0.593. The summed E-state index contributed by atoms with van der Waals surface area (Å²) < 4.78 is 0. The molecule has 3 N–H and O–H groups in total. The molecule has 0 aromatic carbocycles. The van der Waals surface area contributed by atoms with Gasteiger partial charge in [0.25, 0.3) is 0 Å². The number of nitrogens with two attached hydrogens (primary N) is 1. The Kier molecular flexibility index (Phi) is 8.83. The van der Waals surface area contributed by atoms with Gasteiger partial charge >= 0.3 is 0 Å². The van der Waals surface area contributed by atoms with Crippen molar-refractivity contribution in [1.82, 2.24) is 5.32 Å². The molecular weight excluding hydrogens is 196 g/mol. The molecule has 0 bridgehead atoms. The van der Waals surface area contributed by atoms with Crippen molar-refractivity contribution in [2.75, 3.05) is 19.6 Å². The minimum Gasteiger partial charge on any atom is -0.330 e. The zero-order valence-electron chi connectivity index (χ0n) is 10.8. The van der Waals surface area contributed by atoms with E-state index in [4.69, 9.17) is 5.73 Å². The Labute approximate surface area is 101 Å². The Morgan fingerprint density at radius 2 is 1.56 bits per heavy atom. The number of hydrogen-bond donors (Lipinski definition) is 2. The molecule has 0 unspecified atom stereocenters. The van der Waals surface area contributed by atoms with Crippen LogP contribution in [0.4, 0.5) is 0 Å². The van der Waals surface area contributed by atoms with Gasteiger partial charge in [-0.05, 0) is 44.8 Å². The molecule has 96 valence electrons. The minimum atomic E-state index is 0.837. The van der Waals surface area contributed by atoms with Gasteiger partial charge in [-0.15, -0.1) is 0 Å². The average molecular weight is 226 g/mol. The second kappa shape index (κ2) is 10.1. The summed E-state index contributed by atoms with van der Waals surface area (Å²) >= 11 is 0. The van der Waals surface area contributed by atoms with E-state index in [1.165, 1.54) is 64.3 Å². The van der Waals surface area contributed by atoms with E-state index < -0.39 is 0 Å². The van der Waals surface area contributed by atoms with Crippen LogP contribution in [0, 0.1) is 5.92 Å². The second-order valence-corrected chi connectivity index (χ2v) is 5.25. The molecule has 2 nitrogen and oxygen atoms in total. The highest BCUT2D eigenvalue weighted by molar-refractivity contribution is 4.65. The third-order valence-electron chi connectivity index (χ3n) is 3.75. The molecule has 1 saturated carbocycles. The number of nitrogens with one attached hydrogen (secondary N) is 1. The van der Waals surface area contributed by atoms with Crippen LogP contribution in [0.2, 0.25) is 0 Å². The summed E-state index contributed by atoms with van der Waals surface area (Å²) in [4.78, 5) is 0. The Balaban J connectivity index is 1.77.